The smallest absolute Gasteiger partial charge is 0.375 e. The number of hydrogen-bond donors (Lipinski definition) is 1. The van der Waals surface area contributed by atoms with Crippen LogP contribution in [0.1, 0.15) is 16.1 Å². The average Bonchev–Trinajstić information content (AvgIpc) is 2.99. The molecule has 0 radical (unpaired) electrons. The molecule has 1 N–H and O–H groups in total. The van der Waals surface area contributed by atoms with Crippen LogP contribution in [0.5, 0.6) is 11.5 Å². The Hall–Kier alpha value is -2.96. The molecule has 1 aromatic heterocycles. The standard InChI is InChI=1S/C16H17NO6/c1-10-6-7-22-15(10)16(19)23-9-14(18)17-12-5-4-11(20-2)8-13(12)21-3/h4-8H,9H2,1-3H3,(H,17,18). The van der Waals surface area contributed by atoms with Gasteiger partial charge in [0.1, 0.15) is 11.5 Å². The molecular weight excluding hydrogens is 302 g/mol. The molecule has 0 unspecified atom stereocenters. The van der Waals surface area contributed by atoms with Crippen LogP contribution in [0.4, 0.5) is 5.69 Å². The summed E-state index contributed by atoms with van der Waals surface area (Å²) in [6, 6.07) is 6.58. The van der Waals surface area contributed by atoms with Gasteiger partial charge in [-0.05, 0) is 25.1 Å². The van der Waals surface area contributed by atoms with Crippen molar-refractivity contribution in [2.24, 2.45) is 0 Å². The molecule has 0 aliphatic heterocycles. The Kier molecular flexibility index (Phi) is 5.24. The molecule has 2 aromatic rings. The highest BCUT2D eigenvalue weighted by atomic mass is 16.5. The Labute approximate surface area is 133 Å². The topological polar surface area (TPSA) is 87.0 Å². The monoisotopic (exact) mass is 319 g/mol. The van der Waals surface area contributed by atoms with E-state index < -0.39 is 18.5 Å². The Balaban J connectivity index is 1.95. The lowest BCUT2D eigenvalue weighted by molar-refractivity contribution is -0.119. The maximum atomic E-state index is 11.9. The van der Waals surface area contributed by atoms with E-state index in [1.165, 1.54) is 20.5 Å². The normalized spacial score (nSPS) is 10.0. The molecule has 122 valence electrons. The van der Waals surface area contributed by atoms with Crippen molar-refractivity contribution in [2.75, 3.05) is 26.1 Å². The lowest BCUT2D eigenvalue weighted by atomic mass is 10.2. The van der Waals surface area contributed by atoms with Crippen LogP contribution in [0.2, 0.25) is 0 Å². The number of esters is 1. The molecule has 23 heavy (non-hydrogen) atoms. The predicted octanol–water partition coefficient (Wildman–Crippen LogP) is 2.40. The lowest BCUT2D eigenvalue weighted by Gasteiger charge is -2.11. The summed E-state index contributed by atoms with van der Waals surface area (Å²) in [5, 5.41) is 2.60. The highest BCUT2D eigenvalue weighted by molar-refractivity contribution is 5.96. The van der Waals surface area contributed by atoms with Crippen molar-refractivity contribution in [3.8, 4) is 11.5 Å². The van der Waals surface area contributed by atoms with Gasteiger partial charge in [0.05, 0.1) is 26.2 Å². The first-order valence-corrected chi connectivity index (χ1v) is 6.78. The summed E-state index contributed by atoms with van der Waals surface area (Å²) in [5.74, 6) is -0.0688. The number of hydrogen-bond acceptors (Lipinski definition) is 6. The van der Waals surface area contributed by atoms with Crippen molar-refractivity contribution >= 4 is 17.6 Å². The number of furan rings is 1. The second kappa shape index (κ2) is 7.35. The fourth-order valence-electron chi connectivity index (χ4n) is 1.87. The van der Waals surface area contributed by atoms with E-state index in [1.807, 2.05) is 0 Å². The van der Waals surface area contributed by atoms with Crippen molar-refractivity contribution in [3.63, 3.8) is 0 Å². The van der Waals surface area contributed by atoms with Gasteiger partial charge < -0.3 is 23.9 Å². The number of ether oxygens (including phenoxy) is 3. The summed E-state index contributed by atoms with van der Waals surface area (Å²) in [6.45, 7) is 1.27. The molecular formula is C16H17NO6. The fraction of sp³-hybridized carbons (Fsp3) is 0.250. The number of amides is 1. The number of carbonyl (C=O) groups is 2. The van der Waals surface area contributed by atoms with Crippen LogP contribution in [-0.4, -0.2) is 32.7 Å². The van der Waals surface area contributed by atoms with Crippen LogP contribution in [-0.2, 0) is 9.53 Å². The number of aryl methyl sites for hydroxylation is 1. The van der Waals surface area contributed by atoms with Crippen molar-refractivity contribution in [1.82, 2.24) is 0 Å². The van der Waals surface area contributed by atoms with E-state index in [9.17, 15) is 9.59 Å². The van der Waals surface area contributed by atoms with Crippen molar-refractivity contribution in [3.05, 3.63) is 41.9 Å². The van der Waals surface area contributed by atoms with Gasteiger partial charge in [-0.3, -0.25) is 4.79 Å². The molecule has 0 bridgehead atoms. The molecule has 1 heterocycles. The second-order valence-corrected chi connectivity index (χ2v) is 4.62. The van der Waals surface area contributed by atoms with E-state index in [2.05, 4.69) is 5.32 Å². The van der Waals surface area contributed by atoms with Crippen LogP contribution >= 0.6 is 0 Å². The molecule has 0 aliphatic carbocycles. The first kappa shape index (κ1) is 16.4. The van der Waals surface area contributed by atoms with Crippen LogP contribution in [0.15, 0.2) is 34.9 Å². The summed E-state index contributed by atoms with van der Waals surface area (Å²) < 4.78 is 20.2. The first-order chi connectivity index (χ1) is 11.0. The number of rotatable bonds is 6. The second-order valence-electron chi connectivity index (χ2n) is 4.62. The largest absolute Gasteiger partial charge is 0.497 e. The van der Waals surface area contributed by atoms with Crippen molar-refractivity contribution < 1.29 is 28.2 Å². The first-order valence-electron chi connectivity index (χ1n) is 6.78. The van der Waals surface area contributed by atoms with Gasteiger partial charge in [0.2, 0.25) is 5.76 Å². The van der Waals surface area contributed by atoms with E-state index in [0.717, 1.165) is 0 Å². The van der Waals surface area contributed by atoms with Gasteiger partial charge in [-0.25, -0.2) is 4.79 Å². The quantitative estimate of drug-likeness (QED) is 0.823. The Morgan fingerprint density at radius 2 is 1.96 bits per heavy atom. The van der Waals surface area contributed by atoms with E-state index in [4.69, 9.17) is 18.6 Å². The molecule has 1 aromatic carbocycles. The highest BCUT2D eigenvalue weighted by Gasteiger charge is 2.16. The van der Waals surface area contributed by atoms with Gasteiger partial charge in [0.25, 0.3) is 5.91 Å². The molecule has 2 rings (SSSR count). The minimum Gasteiger partial charge on any atom is -0.497 e. The number of benzene rings is 1. The lowest BCUT2D eigenvalue weighted by Crippen LogP contribution is -2.21. The van der Waals surface area contributed by atoms with Gasteiger partial charge in [-0.2, -0.15) is 0 Å². The van der Waals surface area contributed by atoms with Crippen molar-refractivity contribution in [1.29, 1.82) is 0 Å². The third-order valence-electron chi connectivity index (χ3n) is 3.06. The number of anilines is 1. The Morgan fingerprint density at radius 1 is 1.17 bits per heavy atom. The van der Waals surface area contributed by atoms with E-state index in [0.29, 0.717) is 22.7 Å². The van der Waals surface area contributed by atoms with Gasteiger partial charge in [-0.15, -0.1) is 0 Å². The number of nitrogens with one attached hydrogen (secondary N) is 1. The summed E-state index contributed by atoms with van der Waals surface area (Å²) >= 11 is 0. The summed E-state index contributed by atoms with van der Waals surface area (Å²) in [7, 11) is 3.01. The van der Waals surface area contributed by atoms with Gasteiger partial charge in [-0.1, -0.05) is 0 Å². The minimum absolute atomic E-state index is 0.0832. The van der Waals surface area contributed by atoms with E-state index in [-0.39, 0.29) is 5.76 Å². The van der Waals surface area contributed by atoms with Crippen LogP contribution in [0, 0.1) is 6.92 Å². The maximum Gasteiger partial charge on any atom is 0.375 e. The SMILES string of the molecule is COc1ccc(NC(=O)COC(=O)c2occc2C)c(OC)c1. The molecule has 0 atom stereocenters. The zero-order chi connectivity index (χ0) is 16.8. The van der Waals surface area contributed by atoms with Crippen molar-refractivity contribution in [2.45, 2.75) is 6.92 Å². The molecule has 0 spiro atoms. The zero-order valence-electron chi connectivity index (χ0n) is 13.0. The zero-order valence-corrected chi connectivity index (χ0v) is 13.0. The van der Waals surface area contributed by atoms with Gasteiger partial charge in [0, 0.05) is 11.6 Å². The third-order valence-corrected chi connectivity index (χ3v) is 3.06. The molecule has 0 aliphatic rings. The fourth-order valence-corrected chi connectivity index (χ4v) is 1.87. The summed E-state index contributed by atoms with van der Waals surface area (Å²) in [4.78, 5) is 23.6. The third kappa shape index (κ3) is 4.03. The minimum atomic E-state index is -0.690. The Morgan fingerprint density at radius 3 is 2.57 bits per heavy atom. The predicted molar refractivity (Wildman–Crippen MR) is 81.9 cm³/mol. The van der Waals surface area contributed by atoms with E-state index >= 15 is 0 Å². The molecule has 0 saturated carbocycles. The van der Waals surface area contributed by atoms with Crippen LogP contribution in [0.25, 0.3) is 0 Å². The van der Waals surface area contributed by atoms with Gasteiger partial charge >= 0.3 is 5.97 Å². The number of methoxy groups -OCH3 is 2. The average molecular weight is 319 g/mol. The van der Waals surface area contributed by atoms with Crippen LogP contribution in [0.3, 0.4) is 0 Å². The number of carbonyl (C=O) groups excluding carboxylic acids is 2. The maximum absolute atomic E-state index is 11.9. The Bertz CT molecular complexity index is 706. The molecule has 7 heteroatoms. The molecule has 7 nitrogen and oxygen atoms in total. The highest BCUT2D eigenvalue weighted by Crippen LogP contribution is 2.28. The van der Waals surface area contributed by atoms with Crippen LogP contribution < -0.4 is 14.8 Å². The molecule has 1 amide bonds. The van der Waals surface area contributed by atoms with E-state index in [1.54, 1.807) is 31.2 Å². The molecule has 0 saturated heterocycles. The molecule has 0 fully saturated rings. The summed E-state index contributed by atoms with van der Waals surface area (Å²) in [6.07, 6.45) is 1.38. The van der Waals surface area contributed by atoms with Gasteiger partial charge in [0.15, 0.2) is 6.61 Å². The summed E-state index contributed by atoms with van der Waals surface area (Å²) in [5.41, 5.74) is 1.09.